The number of rotatable bonds is 4. The van der Waals surface area contributed by atoms with Gasteiger partial charge in [0.05, 0.1) is 0 Å². The summed E-state index contributed by atoms with van der Waals surface area (Å²) >= 11 is 0. The van der Waals surface area contributed by atoms with Crippen molar-refractivity contribution in [1.82, 2.24) is 0 Å². The molecule has 0 spiro atoms. The molecular formula is C5H11BP. The Kier molecular flexibility index (Phi) is 6.70. The fourth-order valence-corrected chi connectivity index (χ4v) is 1.09. The quantitative estimate of drug-likeness (QED) is 0.293. The van der Waals surface area contributed by atoms with Crippen LogP contribution in [-0.2, 0) is 0 Å². The Morgan fingerprint density at radius 1 is 1.71 bits per heavy atom. The van der Waals surface area contributed by atoms with Crippen LogP contribution in [-0.4, -0.2) is 19.4 Å². The zero-order valence-electron chi connectivity index (χ0n) is 4.78. The summed E-state index contributed by atoms with van der Waals surface area (Å²) in [6.07, 6.45) is 3.90. The van der Waals surface area contributed by atoms with Gasteiger partial charge in [-0.05, 0) is 0 Å². The summed E-state index contributed by atoms with van der Waals surface area (Å²) in [4.78, 5) is 0. The second-order valence-corrected chi connectivity index (χ2v) is 2.72. The fourth-order valence-electron chi connectivity index (χ4n) is 0.362. The van der Waals surface area contributed by atoms with Crippen LogP contribution in [0.4, 0.5) is 0 Å². The van der Waals surface area contributed by atoms with Gasteiger partial charge in [-0.1, -0.05) is 0 Å². The van der Waals surface area contributed by atoms with Gasteiger partial charge in [0.15, 0.2) is 0 Å². The van der Waals surface area contributed by atoms with Crippen LogP contribution >= 0.6 is 8.58 Å². The molecule has 0 saturated heterocycles. The summed E-state index contributed by atoms with van der Waals surface area (Å²) in [7, 11) is 6.03. The molecule has 0 aromatic rings. The Morgan fingerprint density at radius 2 is 2.43 bits per heavy atom. The minimum absolute atomic E-state index is 0.874. The van der Waals surface area contributed by atoms with E-state index in [0.717, 1.165) is 8.58 Å². The Bertz CT molecular complexity index is 45.3. The maximum atomic E-state index is 5.16. The summed E-state index contributed by atoms with van der Waals surface area (Å²) in [6.45, 7) is 2.20. The molecule has 0 aliphatic carbocycles. The summed E-state index contributed by atoms with van der Waals surface area (Å²) in [5.74, 6) is 0. The minimum atomic E-state index is 0.874. The molecule has 0 bridgehead atoms. The SMILES string of the molecule is [B]=CPCCCC. The molecule has 0 nitrogen and oxygen atoms in total. The molecule has 1 radical (unpaired) electrons. The summed E-state index contributed by atoms with van der Waals surface area (Å²) in [5, 5.41) is 0. The third kappa shape index (κ3) is 6.36. The van der Waals surface area contributed by atoms with Gasteiger partial charge >= 0.3 is 47.7 Å². The van der Waals surface area contributed by atoms with Gasteiger partial charge in [-0.25, -0.2) is 0 Å². The average Bonchev–Trinajstić information content (AvgIpc) is 1.69. The zero-order valence-corrected chi connectivity index (χ0v) is 5.78. The first-order chi connectivity index (χ1) is 3.41. The standard InChI is InChI=1S/C5H11BP/c1-2-3-4-7-5-6/h5,7H,2-4H2,1H3. The van der Waals surface area contributed by atoms with Crippen molar-refractivity contribution in [2.24, 2.45) is 0 Å². The normalized spacial score (nSPS) is 10.3. The second-order valence-electron chi connectivity index (χ2n) is 1.47. The number of hydrogen-bond donors (Lipinski definition) is 0. The molecule has 0 rings (SSSR count). The van der Waals surface area contributed by atoms with E-state index in [2.05, 4.69) is 6.92 Å². The van der Waals surface area contributed by atoms with Gasteiger partial charge in [0.2, 0.25) is 0 Å². The Balaban J connectivity index is 2.56. The van der Waals surface area contributed by atoms with Gasteiger partial charge in [0, 0.05) is 0 Å². The van der Waals surface area contributed by atoms with Crippen LogP contribution in [0.3, 0.4) is 0 Å². The molecule has 0 N–H and O–H groups in total. The number of unbranched alkanes of at least 4 members (excludes halogenated alkanes) is 1. The van der Waals surface area contributed by atoms with E-state index in [4.69, 9.17) is 7.49 Å². The van der Waals surface area contributed by atoms with Crippen molar-refractivity contribution in [1.29, 1.82) is 0 Å². The summed E-state index contributed by atoms with van der Waals surface area (Å²) < 4.78 is 0. The van der Waals surface area contributed by atoms with Gasteiger partial charge in [-0.3, -0.25) is 0 Å². The third-order valence-corrected chi connectivity index (χ3v) is 1.67. The number of hydrogen-bond acceptors (Lipinski definition) is 0. The second kappa shape index (κ2) is 6.36. The first-order valence-electron chi connectivity index (χ1n) is 2.68. The van der Waals surface area contributed by atoms with E-state index < -0.39 is 0 Å². The third-order valence-electron chi connectivity index (χ3n) is 0.793. The average molecular weight is 113 g/mol. The zero-order chi connectivity index (χ0) is 5.54. The molecular weight excluding hydrogens is 102 g/mol. The van der Waals surface area contributed by atoms with Crippen LogP contribution < -0.4 is 0 Å². The Hall–Kier alpha value is 0.365. The first kappa shape index (κ1) is 7.36. The van der Waals surface area contributed by atoms with Gasteiger partial charge in [0.1, 0.15) is 0 Å². The predicted molar refractivity (Wildman–Crippen MR) is 39.9 cm³/mol. The van der Waals surface area contributed by atoms with Gasteiger partial charge in [0.25, 0.3) is 0 Å². The van der Waals surface area contributed by atoms with Crippen LogP contribution in [0, 0.1) is 0 Å². The van der Waals surface area contributed by atoms with Crippen molar-refractivity contribution in [3.63, 3.8) is 0 Å². The molecule has 0 fully saturated rings. The topological polar surface area (TPSA) is 0 Å². The van der Waals surface area contributed by atoms with Crippen LogP contribution in [0.1, 0.15) is 19.8 Å². The molecule has 0 amide bonds. The molecule has 0 saturated carbocycles. The first-order valence-corrected chi connectivity index (χ1v) is 3.97. The molecule has 1 unspecified atom stereocenters. The van der Waals surface area contributed by atoms with E-state index >= 15 is 0 Å². The van der Waals surface area contributed by atoms with E-state index in [-0.39, 0.29) is 0 Å². The molecule has 0 aromatic carbocycles. The predicted octanol–water partition coefficient (Wildman–Crippen LogP) is 1.39. The van der Waals surface area contributed by atoms with Crippen LogP contribution in [0.2, 0.25) is 0 Å². The van der Waals surface area contributed by atoms with Crippen molar-refractivity contribution in [3.05, 3.63) is 0 Å². The van der Waals surface area contributed by atoms with Gasteiger partial charge in [-0.2, -0.15) is 0 Å². The Morgan fingerprint density at radius 3 is 2.86 bits per heavy atom. The molecule has 1 atom stereocenters. The summed E-state index contributed by atoms with van der Waals surface area (Å²) in [6, 6.07) is 0. The van der Waals surface area contributed by atoms with E-state index in [1.807, 2.05) is 0 Å². The molecule has 0 aliphatic heterocycles. The van der Waals surface area contributed by atoms with Crippen molar-refractivity contribution in [2.45, 2.75) is 19.8 Å². The van der Waals surface area contributed by atoms with Crippen LogP contribution in [0.25, 0.3) is 0 Å². The van der Waals surface area contributed by atoms with Crippen LogP contribution in [0.15, 0.2) is 0 Å². The van der Waals surface area contributed by atoms with Crippen molar-refractivity contribution < 1.29 is 0 Å². The van der Waals surface area contributed by atoms with Crippen molar-refractivity contribution >= 4 is 21.8 Å². The maximum absolute atomic E-state index is 5.16. The van der Waals surface area contributed by atoms with E-state index in [1.165, 1.54) is 19.0 Å². The molecule has 0 heterocycles. The van der Waals surface area contributed by atoms with Gasteiger partial charge in [-0.15, -0.1) is 0 Å². The van der Waals surface area contributed by atoms with E-state index in [0.29, 0.717) is 0 Å². The molecule has 0 aliphatic rings. The Labute approximate surface area is 48.6 Å². The van der Waals surface area contributed by atoms with Gasteiger partial charge < -0.3 is 0 Å². The molecule has 7 heavy (non-hydrogen) atoms. The monoisotopic (exact) mass is 113 g/mol. The van der Waals surface area contributed by atoms with E-state index in [9.17, 15) is 0 Å². The molecule has 39 valence electrons. The fraction of sp³-hybridized carbons (Fsp3) is 0.800. The molecule has 2 heteroatoms. The molecule has 0 aromatic heterocycles. The van der Waals surface area contributed by atoms with E-state index in [1.54, 1.807) is 5.71 Å². The summed E-state index contributed by atoms with van der Waals surface area (Å²) in [5.41, 5.74) is 1.76. The van der Waals surface area contributed by atoms with Crippen LogP contribution in [0.5, 0.6) is 0 Å². The van der Waals surface area contributed by atoms with Crippen molar-refractivity contribution in [2.75, 3.05) is 6.16 Å². The van der Waals surface area contributed by atoms with Crippen molar-refractivity contribution in [3.8, 4) is 0 Å².